The van der Waals surface area contributed by atoms with Crippen LogP contribution < -0.4 is 16.4 Å². The van der Waals surface area contributed by atoms with Crippen molar-refractivity contribution in [2.45, 2.75) is 45.3 Å². The number of carbonyl (C=O) groups is 3. The number of fused-ring (bicyclic) bond motifs is 1. The second kappa shape index (κ2) is 9.97. The minimum atomic E-state index is -1.04. The van der Waals surface area contributed by atoms with Crippen LogP contribution in [0.25, 0.3) is 11.6 Å². The number of aliphatic hydroxyl groups excluding tert-OH is 2. The van der Waals surface area contributed by atoms with E-state index in [0.29, 0.717) is 39.3 Å². The fraction of sp³-hybridized carbons (Fsp3) is 0.348. The van der Waals surface area contributed by atoms with Crippen molar-refractivity contribution in [1.29, 1.82) is 0 Å². The summed E-state index contributed by atoms with van der Waals surface area (Å²) < 4.78 is 13.7. The van der Waals surface area contributed by atoms with Crippen molar-refractivity contribution in [1.82, 2.24) is 10.3 Å². The van der Waals surface area contributed by atoms with Gasteiger partial charge in [0.25, 0.3) is 11.8 Å². The highest BCUT2D eigenvalue weighted by molar-refractivity contribution is 6.34. The molecule has 9 nitrogen and oxygen atoms in total. The predicted octanol–water partition coefficient (Wildman–Crippen LogP) is 1.37. The normalized spacial score (nSPS) is 15.8. The lowest BCUT2D eigenvalue weighted by atomic mass is 10.0. The van der Waals surface area contributed by atoms with Crippen molar-refractivity contribution in [2.75, 3.05) is 11.9 Å². The van der Waals surface area contributed by atoms with E-state index in [1.54, 1.807) is 19.9 Å². The van der Waals surface area contributed by atoms with E-state index in [9.17, 15) is 29.0 Å². The van der Waals surface area contributed by atoms with Crippen LogP contribution in [-0.4, -0.2) is 51.7 Å². The summed E-state index contributed by atoms with van der Waals surface area (Å²) >= 11 is 0. The minimum absolute atomic E-state index is 0.0249. The second-order valence-corrected chi connectivity index (χ2v) is 8.12. The molecule has 0 saturated carbocycles. The molecule has 176 valence electrons. The van der Waals surface area contributed by atoms with E-state index >= 15 is 0 Å². The van der Waals surface area contributed by atoms with Crippen molar-refractivity contribution < 1.29 is 29.0 Å². The smallest absolute Gasteiger partial charge is 0.256 e. The summed E-state index contributed by atoms with van der Waals surface area (Å²) in [4.78, 5) is 39.0. The number of halogens is 1. The van der Waals surface area contributed by atoms with E-state index in [2.05, 4.69) is 15.6 Å². The number of hydrogen-bond donors (Lipinski definition) is 6. The Hall–Kier alpha value is -3.50. The van der Waals surface area contributed by atoms with Gasteiger partial charge in [0.1, 0.15) is 5.82 Å². The Balaban J connectivity index is 1.68. The molecule has 0 radical (unpaired) electrons. The third kappa shape index (κ3) is 5.65. The van der Waals surface area contributed by atoms with Gasteiger partial charge in [-0.3, -0.25) is 14.4 Å². The number of carbonyl (C=O) groups excluding carboxylic acids is 3. The molecule has 0 saturated heterocycles. The zero-order valence-corrected chi connectivity index (χ0v) is 18.4. The average Bonchev–Trinajstić information content (AvgIpc) is 3.16. The van der Waals surface area contributed by atoms with Crippen molar-refractivity contribution in [3.63, 3.8) is 0 Å². The molecule has 0 fully saturated rings. The van der Waals surface area contributed by atoms with Gasteiger partial charge in [0.05, 0.1) is 29.8 Å². The lowest BCUT2D eigenvalue weighted by Crippen LogP contribution is -2.30. The molecule has 2 heterocycles. The Morgan fingerprint density at radius 1 is 1.24 bits per heavy atom. The molecular weight excluding hydrogens is 431 g/mol. The molecule has 3 amide bonds. The van der Waals surface area contributed by atoms with Crippen molar-refractivity contribution >= 4 is 35.1 Å². The fourth-order valence-corrected chi connectivity index (χ4v) is 3.90. The highest BCUT2D eigenvalue weighted by Gasteiger charge is 2.26. The molecule has 1 aliphatic heterocycles. The minimum Gasteiger partial charge on any atom is -0.393 e. The number of aliphatic hydroxyl groups is 2. The molecule has 1 aliphatic rings. The highest BCUT2D eigenvalue weighted by atomic mass is 19.1. The van der Waals surface area contributed by atoms with Gasteiger partial charge in [-0.2, -0.15) is 0 Å². The molecule has 1 aromatic heterocycles. The highest BCUT2D eigenvalue weighted by Crippen LogP contribution is 2.34. The number of rotatable bonds is 9. The fourth-order valence-electron chi connectivity index (χ4n) is 3.90. The summed E-state index contributed by atoms with van der Waals surface area (Å²) in [7, 11) is 0. The van der Waals surface area contributed by atoms with Gasteiger partial charge in [-0.05, 0) is 56.5 Å². The van der Waals surface area contributed by atoms with E-state index < -0.39 is 23.9 Å². The maximum absolute atomic E-state index is 13.7. The van der Waals surface area contributed by atoms with Crippen LogP contribution in [0.4, 0.5) is 10.1 Å². The van der Waals surface area contributed by atoms with Crippen LogP contribution in [0.15, 0.2) is 18.2 Å². The number of hydrogen-bond acceptors (Lipinski definition) is 5. The van der Waals surface area contributed by atoms with E-state index in [0.717, 1.165) is 0 Å². The standard InChI is InChI=1S/C23H27FN4O5/c1-11-19(10-17-16-7-13(24)3-4-18(16)28-22(17)32)27-12(2)21(11)23(33)26-6-5-14(29)8-15(30)9-20(25)31/h3-4,7,10,14-15,27,29-30H,5-6,8-9H2,1-2H3,(H2,25,31)(H,26,33)(H,28,32)/b17-10-/t14-,15-/m1/s1. The molecule has 2 aromatic rings. The zero-order chi connectivity index (χ0) is 24.3. The van der Waals surface area contributed by atoms with Crippen LogP contribution in [0, 0.1) is 19.7 Å². The van der Waals surface area contributed by atoms with Crippen LogP contribution in [-0.2, 0) is 9.59 Å². The summed E-state index contributed by atoms with van der Waals surface area (Å²) in [5.74, 6) is -1.84. The van der Waals surface area contributed by atoms with E-state index in [1.165, 1.54) is 18.2 Å². The summed E-state index contributed by atoms with van der Waals surface area (Å²) in [6.07, 6.45) is -0.437. The van der Waals surface area contributed by atoms with Crippen LogP contribution in [0.1, 0.15) is 52.1 Å². The number of H-pyrrole nitrogens is 1. The molecule has 1 aromatic carbocycles. The number of aromatic amines is 1. The Morgan fingerprint density at radius 2 is 1.97 bits per heavy atom. The van der Waals surface area contributed by atoms with Crippen molar-refractivity contribution in [2.24, 2.45) is 5.73 Å². The molecule has 7 N–H and O–H groups in total. The molecule has 3 rings (SSSR count). The van der Waals surface area contributed by atoms with Gasteiger partial charge in [0.15, 0.2) is 0 Å². The number of aryl methyl sites for hydroxylation is 1. The molecule has 0 unspecified atom stereocenters. The van der Waals surface area contributed by atoms with Crippen LogP contribution in [0.3, 0.4) is 0 Å². The molecule has 0 spiro atoms. The number of benzene rings is 1. The van der Waals surface area contributed by atoms with E-state index in [4.69, 9.17) is 5.73 Å². The van der Waals surface area contributed by atoms with Crippen LogP contribution >= 0.6 is 0 Å². The second-order valence-electron chi connectivity index (χ2n) is 8.12. The first-order chi connectivity index (χ1) is 15.6. The SMILES string of the molecule is Cc1[nH]c(/C=C2\C(=O)Nc3ccc(F)cc32)c(C)c1C(=O)NCC[C@@H](O)C[C@@H](O)CC(N)=O. The van der Waals surface area contributed by atoms with Gasteiger partial charge < -0.3 is 31.6 Å². The number of aromatic nitrogens is 1. The molecule has 2 atom stereocenters. The Labute approximate surface area is 189 Å². The van der Waals surface area contributed by atoms with Gasteiger partial charge in [0.2, 0.25) is 5.91 Å². The Morgan fingerprint density at radius 3 is 2.67 bits per heavy atom. The third-order valence-corrected chi connectivity index (χ3v) is 5.50. The summed E-state index contributed by atoms with van der Waals surface area (Å²) in [6.45, 7) is 3.61. The number of primary amides is 1. The van der Waals surface area contributed by atoms with E-state index in [-0.39, 0.29) is 37.6 Å². The van der Waals surface area contributed by atoms with Gasteiger partial charge >= 0.3 is 0 Å². The summed E-state index contributed by atoms with van der Waals surface area (Å²) in [5.41, 5.74) is 8.43. The summed E-state index contributed by atoms with van der Waals surface area (Å²) in [5, 5.41) is 25.0. The molecule has 33 heavy (non-hydrogen) atoms. The molecule has 0 bridgehead atoms. The van der Waals surface area contributed by atoms with Crippen LogP contribution in [0.2, 0.25) is 0 Å². The number of nitrogens with one attached hydrogen (secondary N) is 3. The van der Waals surface area contributed by atoms with Crippen molar-refractivity contribution in [3.8, 4) is 0 Å². The third-order valence-electron chi connectivity index (χ3n) is 5.50. The van der Waals surface area contributed by atoms with Gasteiger partial charge in [-0.25, -0.2) is 4.39 Å². The molecule has 0 aliphatic carbocycles. The monoisotopic (exact) mass is 458 g/mol. The number of amides is 3. The van der Waals surface area contributed by atoms with Crippen LogP contribution in [0.5, 0.6) is 0 Å². The number of nitrogens with two attached hydrogens (primary N) is 1. The topological polar surface area (TPSA) is 158 Å². The number of anilines is 1. The van der Waals surface area contributed by atoms with Gasteiger partial charge in [-0.15, -0.1) is 0 Å². The Bertz CT molecular complexity index is 1120. The largest absolute Gasteiger partial charge is 0.393 e. The first-order valence-electron chi connectivity index (χ1n) is 10.5. The van der Waals surface area contributed by atoms with Gasteiger partial charge in [-0.1, -0.05) is 0 Å². The first-order valence-corrected chi connectivity index (χ1v) is 10.5. The lowest BCUT2D eigenvalue weighted by Gasteiger charge is -2.15. The first kappa shape index (κ1) is 24.1. The maximum Gasteiger partial charge on any atom is 0.256 e. The molecular formula is C23H27FN4O5. The average molecular weight is 458 g/mol. The lowest BCUT2D eigenvalue weighted by molar-refractivity contribution is -0.120. The molecule has 10 heteroatoms. The van der Waals surface area contributed by atoms with Gasteiger partial charge in [0, 0.05) is 29.2 Å². The zero-order valence-electron chi connectivity index (χ0n) is 18.4. The predicted molar refractivity (Wildman–Crippen MR) is 121 cm³/mol. The quantitative estimate of drug-likeness (QED) is 0.313. The van der Waals surface area contributed by atoms with E-state index in [1.807, 2.05) is 0 Å². The maximum atomic E-state index is 13.7. The summed E-state index contributed by atoms with van der Waals surface area (Å²) in [6, 6.07) is 4.05. The van der Waals surface area contributed by atoms with Crippen molar-refractivity contribution in [3.05, 3.63) is 52.1 Å². The Kier molecular flexibility index (Phi) is 7.29.